The summed E-state index contributed by atoms with van der Waals surface area (Å²) in [5, 5.41) is 2.65. The molecule has 2 aliphatic heterocycles. The van der Waals surface area contributed by atoms with E-state index in [0.29, 0.717) is 11.3 Å². The fourth-order valence-electron chi connectivity index (χ4n) is 4.39. The van der Waals surface area contributed by atoms with Crippen LogP contribution in [0.5, 0.6) is 5.75 Å². The van der Waals surface area contributed by atoms with Crippen molar-refractivity contribution in [3.63, 3.8) is 0 Å². The van der Waals surface area contributed by atoms with Gasteiger partial charge in [0.2, 0.25) is 0 Å². The molecular formula is C29H26N2O6. The maximum atomic E-state index is 13.5. The molecule has 2 atom stereocenters. The van der Waals surface area contributed by atoms with E-state index >= 15 is 0 Å². The maximum Gasteiger partial charge on any atom is 0.356 e. The van der Waals surface area contributed by atoms with Gasteiger partial charge < -0.3 is 19.5 Å². The van der Waals surface area contributed by atoms with Crippen molar-refractivity contribution in [3.8, 4) is 5.75 Å². The van der Waals surface area contributed by atoms with Crippen molar-refractivity contribution >= 4 is 17.8 Å². The van der Waals surface area contributed by atoms with Gasteiger partial charge in [0.05, 0.1) is 6.61 Å². The number of carbonyl (C=O) groups is 3. The van der Waals surface area contributed by atoms with Gasteiger partial charge in [-0.2, -0.15) is 0 Å². The molecule has 0 radical (unpaired) electrons. The maximum absolute atomic E-state index is 13.5. The van der Waals surface area contributed by atoms with Crippen LogP contribution in [0.25, 0.3) is 0 Å². The number of rotatable bonds is 8. The van der Waals surface area contributed by atoms with Crippen molar-refractivity contribution in [1.82, 2.24) is 10.2 Å². The molecule has 0 aliphatic carbocycles. The molecule has 1 saturated heterocycles. The topological polar surface area (TPSA) is 94.2 Å². The second-order valence-corrected chi connectivity index (χ2v) is 8.79. The van der Waals surface area contributed by atoms with Gasteiger partial charge in [-0.3, -0.25) is 14.5 Å². The van der Waals surface area contributed by atoms with Crippen LogP contribution in [0, 0.1) is 0 Å². The lowest BCUT2D eigenvalue weighted by Gasteiger charge is -2.49. The fourth-order valence-corrected chi connectivity index (χ4v) is 4.39. The lowest BCUT2D eigenvalue weighted by Crippen LogP contribution is -2.73. The molecule has 2 amide bonds. The molecule has 2 heterocycles. The van der Waals surface area contributed by atoms with E-state index in [4.69, 9.17) is 14.2 Å². The van der Waals surface area contributed by atoms with Gasteiger partial charge in [0.25, 0.3) is 11.8 Å². The third-order valence-electron chi connectivity index (χ3n) is 6.21. The molecule has 8 heteroatoms. The largest absolute Gasteiger partial charge is 0.484 e. The van der Waals surface area contributed by atoms with E-state index in [1.54, 1.807) is 31.2 Å². The number of nitrogens with zero attached hydrogens (tertiary/aromatic N) is 1. The molecule has 0 spiro atoms. The summed E-state index contributed by atoms with van der Waals surface area (Å²) in [7, 11) is 0. The van der Waals surface area contributed by atoms with Gasteiger partial charge in [0, 0.05) is 0 Å². The number of β-lactam (4-membered cyclic amide) rings is 1. The van der Waals surface area contributed by atoms with Gasteiger partial charge in [0.1, 0.15) is 11.4 Å². The number of nitrogens with one attached hydrogen (secondary N) is 1. The Morgan fingerprint density at radius 3 is 2.11 bits per heavy atom. The third-order valence-corrected chi connectivity index (χ3v) is 6.21. The number of hydrogen-bond acceptors (Lipinski definition) is 6. The van der Waals surface area contributed by atoms with Crippen molar-refractivity contribution in [2.75, 3.05) is 13.2 Å². The Bertz CT molecular complexity index is 1270. The fraction of sp³-hybridized carbons (Fsp3) is 0.207. The van der Waals surface area contributed by atoms with Gasteiger partial charge in [-0.1, -0.05) is 78.9 Å². The van der Waals surface area contributed by atoms with Crippen molar-refractivity contribution in [2.24, 2.45) is 0 Å². The van der Waals surface area contributed by atoms with E-state index in [0.717, 1.165) is 11.1 Å². The van der Waals surface area contributed by atoms with E-state index in [-0.39, 0.29) is 18.9 Å². The van der Waals surface area contributed by atoms with Crippen molar-refractivity contribution in [3.05, 3.63) is 113 Å². The molecular weight excluding hydrogens is 472 g/mol. The van der Waals surface area contributed by atoms with Gasteiger partial charge in [0.15, 0.2) is 25.0 Å². The number of fused-ring (bicyclic) bond motifs is 1. The summed E-state index contributed by atoms with van der Waals surface area (Å²) in [4.78, 5) is 40.2. The predicted octanol–water partition coefficient (Wildman–Crippen LogP) is 3.36. The molecule has 1 N–H and O–H groups in total. The number of esters is 1. The van der Waals surface area contributed by atoms with Gasteiger partial charge in [-0.25, -0.2) is 4.79 Å². The molecule has 188 valence electrons. The zero-order valence-corrected chi connectivity index (χ0v) is 20.2. The zero-order valence-electron chi connectivity index (χ0n) is 20.2. The predicted molar refractivity (Wildman–Crippen MR) is 134 cm³/mol. The summed E-state index contributed by atoms with van der Waals surface area (Å²) < 4.78 is 17.2. The normalized spacial score (nSPS) is 18.6. The first kappa shape index (κ1) is 24.3. The van der Waals surface area contributed by atoms with Crippen molar-refractivity contribution in [1.29, 1.82) is 0 Å². The molecule has 0 saturated carbocycles. The standard InChI is InChI=1S/C29H26N2O6/c1-19-17-36-28-24(30-23(32)18-35-22-15-9-4-10-16-22)27(33)31(28)25(19)29(34)37-26(20-11-5-2-6-12-20)21-13-7-3-8-14-21/h2-16,24,26,28H,17-18H2,1H3,(H,30,32). The monoisotopic (exact) mass is 498 g/mol. The van der Waals surface area contributed by atoms with Gasteiger partial charge >= 0.3 is 5.97 Å². The molecule has 1 fully saturated rings. The summed E-state index contributed by atoms with van der Waals surface area (Å²) in [6, 6.07) is 26.8. The molecule has 2 aliphatic rings. The van der Waals surface area contributed by atoms with Crippen LogP contribution in [-0.2, 0) is 23.9 Å². The highest BCUT2D eigenvalue weighted by Gasteiger charge is 2.55. The van der Waals surface area contributed by atoms with Crippen LogP contribution in [0.1, 0.15) is 24.2 Å². The minimum absolute atomic E-state index is 0.132. The highest BCUT2D eigenvalue weighted by atomic mass is 16.6. The van der Waals surface area contributed by atoms with Crippen LogP contribution in [-0.4, -0.2) is 48.2 Å². The molecule has 2 unspecified atom stereocenters. The Labute approximate surface area is 214 Å². The third kappa shape index (κ3) is 5.10. The van der Waals surface area contributed by atoms with Gasteiger partial charge in [-0.15, -0.1) is 0 Å². The number of para-hydroxylation sites is 1. The molecule has 0 aromatic heterocycles. The summed E-state index contributed by atoms with van der Waals surface area (Å²) in [6.07, 6.45) is -1.45. The van der Waals surface area contributed by atoms with E-state index in [1.807, 2.05) is 66.7 Å². The Hall–Kier alpha value is -4.43. The number of amides is 2. The van der Waals surface area contributed by atoms with Crippen LogP contribution in [0.15, 0.2) is 102 Å². The minimum atomic E-state index is -0.915. The molecule has 37 heavy (non-hydrogen) atoms. The summed E-state index contributed by atoms with van der Waals surface area (Å²) >= 11 is 0. The van der Waals surface area contributed by atoms with Crippen LogP contribution < -0.4 is 10.1 Å². The van der Waals surface area contributed by atoms with Crippen molar-refractivity contribution in [2.45, 2.75) is 25.3 Å². The smallest absolute Gasteiger partial charge is 0.356 e. The summed E-state index contributed by atoms with van der Waals surface area (Å²) in [5.41, 5.74) is 2.33. The Morgan fingerprint density at radius 1 is 0.946 bits per heavy atom. The highest BCUT2D eigenvalue weighted by molar-refractivity contribution is 6.02. The average Bonchev–Trinajstić information content (AvgIpc) is 2.94. The first-order valence-electron chi connectivity index (χ1n) is 12.0. The van der Waals surface area contributed by atoms with Crippen molar-refractivity contribution < 1.29 is 28.6 Å². The first-order valence-corrected chi connectivity index (χ1v) is 12.0. The highest BCUT2D eigenvalue weighted by Crippen LogP contribution is 2.35. The zero-order chi connectivity index (χ0) is 25.8. The SMILES string of the molecule is CC1=C(C(=O)OC(c2ccccc2)c2ccccc2)N2C(=O)C(NC(=O)COc3ccccc3)C2OC1. The number of carbonyl (C=O) groups excluding carboxylic acids is 3. The quantitative estimate of drug-likeness (QED) is 0.378. The van der Waals surface area contributed by atoms with Crippen LogP contribution in [0.3, 0.4) is 0 Å². The molecule has 3 aromatic rings. The lowest BCUT2D eigenvalue weighted by molar-refractivity contribution is -0.186. The summed E-state index contributed by atoms with van der Waals surface area (Å²) in [6.45, 7) is 1.60. The molecule has 5 rings (SSSR count). The van der Waals surface area contributed by atoms with E-state index in [1.165, 1.54) is 4.90 Å². The molecule has 8 nitrogen and oxygen atoms in total. The van der Waals surface area contributed by atoms with E-state index in [9.17, 15) is 14.4 Å². The Kier molecular flexibility index (Phi) is 7.00. The van der Waals surface area contributed by atoms with Crippen LogP contribution >= 0.6 is 0 Å². The van der Waals surface area contributed by atoms with Crippen LogP contribution in [0.2, 0.25) is 0 Å². The number of benzene rings is 3. The summed E-state index contributed by atoms with van der Waals surface area (Å²) in [5.74, 6) is -0.994. The Balaban J connectivity index is 1.28. The molecule has 3 aromatic carbocycles. The second-order valence-electron chi connectivity index (χ2n) is 8.79. The van der Waals surface area contributed by atoms with Crippen LogP contribution in [0.4, 0.5) is 0 Å². The molecule has 0 bridgehead atoms. The number of hydrogen-bond donors (Lipinski definition) is 1. The Morgan fingerprint density at radius 2 is 1.51 bits per heavy atom. The minimum Gasteiger partial charge on any atom is -0.484 e. The van der Waals surface area contributed by atoms with Gasteiger partial charge in [-0.05, 0) is 35.8 Å². The first-order chi connectivity index (χ1) is 18.0. The average molecular weight is 499 g/mol. The number of ether oxygens (including phenoxy) is 3. The van der Waals surface area contributed by atoms with E-state index in [2.05, 4.69) is 5.32 Å². The lowest BCUT2D eigenvalue weighted by atomic mass is 9.98. The second kappa shape index (κ2) is 10.7. The van der Waals surface area contributed by atoms with E-state index < -0.39 is 36.2 Å².